The average Bonchev–Trinajstić information content (AvgIpc) is 3.34. The summed E-state index contributed by atoms with van der Waals surface area (Å²) < 4.78 is 94.2. The molecule has 0 unspecified atom stereocenters. The molecule has 3 aromatic carbocycles. The summed E-state index contributed by atoms with van der Waals surface area (Å²) in [4.78, 5) is 11.2. The summed E-state index contributed by atoms with van der Waals surface area (Å²) in [5.74, 6) is -1.02. The number of amides is 1. The zero-order valence-electron chi connectivity index (χ0n) is 22.3. The third-order valence-electron chi connectivity index (χ3n) is 6.83. The number of quaternary nitrogens is 1. The molecule has 0 aliphatic carbocycles. The van der Waals surface area contributed by atoms with Crippen LogP contribution < -0.4 is 10.0 Å². The van der Waals surface area contributed by atoms with Gasteiger partial charge in [-0.2, -0.15) is 13.2 Å². The number of hydroxylamine groups is 3. The van der Waals surface area contributed by atoms with E-state index in [1.165, 1.54) is 30.3 Å². The van der Waals surface area contributed by atoms with Crippen molar-refractivity contribution in [3.8, 4) is 0 Å². The summed E-state index contributed by atoms with van der Waals surface area (Å²) in [6.45, 7) is 1.50. The topological polar surface area (TPSA) is 132 Å². The first-order chi connectivity index (χ1) is 20.0. The zero-order valence-corrected chi connectivity index (χ0v) is 25.5. The molecule has 1 fully saturated rings. The first-order valence-corrected chi connectivity index (χ1v) is 16.7. The van der Waals surface area contributed by atoms with Crippen molar-refractivity contribution in [1.82, 2.24) is 5.32 Å². The number of benzene rings is 3. The van der Waals surface area contributed by atoms with Crippen LogP contribution in [0.25, 0.3) is 0 Å². The molecular formula is C27H26Cl2F3N3O6S2. The second-order valence-corrected chi connectivity index (χ2v) is 14.5. The van der Waals surface area contributed by atoms with E-state index in [0.717, 1.165) is 37.1 Å². The number of likely N-dealkylation sites (tertiary alicyclic amines) is 1. The molecule has 0 bridgehead atoms. The summed E-state index contributed by atoms with van der Waals surface area (Å²) in [6.07, 6.45) is -3.22. The largest absolute Gasteiger partial charge is 0.633 e. The molecular weight excluding hydrogens is 654 g/mol. The quantitative estimate of drug-likeness (QED) is 0.211. The van der Waals surface area contributed by atoms with Gasteiger partial charge in [-0.3, -0.25) is 9.52 Å². The molecule has 16 heteroatoms. The van der Waals surface area contributed by atoms with Gasteiger partial charge in [0.25, 0.3) is 15.9 Å². The lowest BCUT2D eigenvalue weighted by Gasteiger charge is -2.38. The molecule has 9 nitrogen and oxygen atoms in total. The highest BCUT2D eigenvalue weighted by molar-refractivity contribution is 7.93. The van der Waals surface area contributed by atoms with Gasteiger partial charge in [0, 0.05) is 23.4 Å². The van der Waals surface area contributed by atoms with Gasteiger partial charge >= 0.3 is 6.18 Å². The van der Waals surface area contributed by atoms with Crippen molar-refractivity contribution in [1.29, 1.82) is 0 Å². The maximum atomic E-state index is 13.3. The van der Waals surface area contributed by atoms with Crippen LogP contribution in [0.15, 0.2) is 70.5 Å². The van der Waals surface area contributed by atoms with Gasteiger partial charge in [-0.05, 0) is 54.1 Å². The summed E-state index contributed by atoms with van der Waals surface area (Å²) in [5, 5.41) is 14.4. The molecule has 43 heavy (non-hydrogen) atoms. The summed E-state index contributed by atoms with van der Waals surface area (Å²) in [6, 6.07) is 11.0. The number of rotatable bonds is 10. The molecule has 3 aromatic rings. The lowest BCUT2D eigenvalue weighted by Crippen LogP contribution is -2.44. The van der Waals surface area contributed by atoms with Gasteiger partial charge in [-0.1, -0.05) is 35.3 Å². The van der Waals surface area contributed by atoms with E-state index in [4.69, 9.17) is 23.2 Å². The van der Waals surface area contributed by atoms with Crippen LogP contribution in [0.1, 0.15) is 34.3 Å². The van der Waals surface area contributed by atoms with Crippen molar-refractivity contribution < 1.29 is 39.4 Å². The fraction of sp³-hybridized carbons (Fsp3) is 0.296. The molecule has 1 aliphatic rings. The van der Waals surface area contributed by atoms with Crippen LogP contribution in [0.4, 0.5) is 18.9 Å². The Balaban J connectivity index is 1.50. The maximum absolute atomic E-state index is 13.3. The van der Waals surface area contributed by atoms with E-state index >= 15 is 0 Å². The number of nitrogens with zero attached hydrogens (tertiary/aromatic N) is 1. The lowest BCUT2D eigenvalue weighted by molar-refractivity contribution is -0.866. The number of carbonyl (C=O) groups is 1. The molecule has 1 heterocycles. The van der Waals surface area contributed by atoms with E-state index in [1.807, 2.05) is 4.72 Å². The van der Waals surface area contributed by atoms with Crippen molar-refractivity contribution >= 4 is 54.7 Å². The van der Waals surface area contributed by atoms with Gasteiger partial charge < -0.3 is 15.2 Å². The SMILES string of the molecule is O=C(NCC[N+]1([O-])CCCC1)c1ccc(CS(=O)(=O)c2ccc(Cl)cc2NS(=O)(=O)c2ccc(Cl)c(C(F)(F)F)c2)cc1. The van der Waals surface area contributed by atoms with E-state index < -0.39 is 63.8 Å². The number of halogens is 5. The van der Waals surface area contributed by atoms with Crippen molar-refractivity contribution in [2.45, 2.75) is 34.6 Å². The van der Waals surface area contributed by atoms with Crippen molar-refractivity contribution in [3.63, 3.8) is 0 Å². The van der Waals surface area contributed by atoms with E-state index in [0.29, 0.717) is 19.2 Å². The highest BCUT2D eigenvalue weighted by atomic mass is 35.5. The molecule has 0 aromatic heterocycles. The van der Waals surface area contributed by atoms with Crippen LogP contribution in [0, 0.1) is 5.21 Å². The summed E-state index contributed by atoms with van der Waals surface area (Å²) in [7, 11) is -8.96. The van der Waals surface area contributed by atoms with Gasteiger partial charge in [0.15, 0.2) is 9.84 Å². The highest BCUT2D eigenvalue weighted by Gasteiger charge is 2.35. The highest BCUT2D eigenvalue weighted by Crippen LogP contribution is 2.37. The second-order valence-electron chi connectivity index (χ2n) is 10.0. The Morgan fingerprint density at radius 1 is 0.930 bits per heavy atom. The molecule has 1 amide bonds. The number of sulfone groups is 1. The van der Waals surface area contributed by atoms with E-state index in [-0.39, 0.29) is 33.9 Å². The van der Waals surface area contributed by atoms with E-state index in [9.17, 15) is 40.0 Å². The summed E-state index contributed by atoms with van der Waals surface area (Å²) in [5.41, 5.74) is -1.32. The Hall–Kier alpha value is -2.88. The smallest absolute Gasteiger partial charge is 0.417 e. The van der Waals surface area contributed by atoms with Crippen LogP contribution in [-0.4, -0.2) is 53.6 Å². The predicted molar refractivity (Wildman–Crippen MR) is 156 cm³/mol. The van der Waals surface area contributed by atoms with Gasteiger partial charge in [-0.15, -0.1) is 0 Å². The fourth-order valence-corrected chi connectivity index (χ4v) is 7.67. The lowest BCUT2D eigenvalue weighted by atomic mass is 10.1. The number of anilines is 1. The van der Waals surface area contributed by atoms with Crippen molar-refractivity contribution in [3.05, 3.63) is 92.6 Å². The Bertz CT molecular complexity index is 1730. The van der Waals surface area contributed by atoms with Crippen LogP contribution in [-0.2, 0) is 31.8 Å². The number of carbonyl (C=O) groups excluding carboxylic acids is 1. The first-order valence-electron chi connectivity index (χ1n) is 12.9. The van der Waals surface area contributed by atoms with Gasteiger partial charge in [-0.25, -0.2) is 16.8 Å². The third-order valence-corrected chi connectivity index (χ3v) is 10.5. The minimum Gasteiger partial charge on any atom is -0.633 e. The maximum Gasteiger partial charge on any atom is 0.417 e. The first kappa shape index (κ1) is 33.0. The fourth-order valence-electron chi connectivity index (χ4n) is 4.61. The number of sulfonamides is 1. The molecule has 1 saturated heterocycles. The van der Waals surface area contributed by atoms with Crippen molar-refractivity contribution in [2.24, 2.45) is 0 Å². The normalized spacial score (nSPS) is 15.3. The monoisotopic (exact) mass is 679 g/mol. The van der Waals surface area contributed by atoms with Crippen molar-refractivity contribution in [2.75, 3.05) is 30.9 Å². The number of hydrogen-bond acceptors (Lipinski definition) is 6. The Morgan fingerprint density at radius 3 is 2.21 bits per heavy atom. The number of nitrogens with one attached hydrogen (secondary N) is 2. The van der Waals surface area contributed by atoms with Crippen LogP contribution in [0.2, 0.25) is 10.0 Å². The molecule has 232 valence electrons. The predicted octanol–water partition coefficient (Wildman–Crippen LogP) is 5.63. The van der Waals surface area contributed by atoms with Crippen LogP contribution in [0.3, 0.4) is 0 Å². The number of hydrogen-bond donors (Lipinski definition) is 2. The van der Waals surface area contributed by atoms with Crippen LogP contribution in [0.5, 0.6) is 0 Å². The zero-order chi connectivity index (χ0) is 31.6. The molecule has 1 aliphatic heterocycles. The molecule has 0 saturated carbocycles. The molecule has 4 rings (SSSR count). The molecule has 0 radical (unpaired) electrons. The Morgan fingerprint density at radius 2 is 1.58 bits per heavy atom. The molecule has 2 N–H and O–H groups in total. The molecule has 0 spiro atoms. The molecule has 0 atom stereocenters. The van der Waals surface area contributed by atoms with Crippen LogP contribution >= 0.6 is 23.2 Å². The van der Waals surface area contributed by atoms with Gasteiger partial charge in [0.2, 0.25) is 0 Å². The minimum absolute atomic E-state index is 0.0336. The van der Waals surface area contributed by atoms with Gasteiger partial charge in [0.1, 0.15) is 0 Å². The Labute approximate surface area is 256 Å². The van der Waals surface area contributed by atoms with E-state index in [1.54, 1.807) is 0 Å². The van der Waals surface area contributed by atoms with E-state index in [2.05, 4.69) is 5.32 Å². The Kier molecular flexibility index (Phi) is 9.69. The summed E-state index contributed by atoms with van der Waals surface area (Å²) >= 11 is 11.6. The van der Waals surface area contributed by atoms with Gasteiger partial charge in [0.05, 0.1) is 58.0 Å². The second kappa shape index (κ2) is 12.6. The minimum atomic E-state index is -4.93. The third kappa shape index (κ3) is 8.19. The average molecular weight is 681 g/mol. The number of alkyl halides is 3. The standard InChI is InChI=1S/C27H26Cl2F3N3O6S2/c28-20-7-10-25(24(15-20)34-43(40,41)21-8-9-23(29)22(16-21)27(30,31)32)42(38,39)17-18-3-5-19(6-4-18)26(36)33-11-14-35(37)12-1-2-13-35/h3-10,15-16,34H,1-2,11-14,17H2,(H,33,36).